The lowest BCUT2D eigenvalue weighted by Crippen LogP contribution is -2.39. The molecule has 0 heterocycles. The average Bonchev–Trinajstić information content (AvgIpc) is 2.73. The smallest absolute Gasteiger partial charge is 0.264 e. The van der Waals surface area contributed by atoms with Crippen molar-refractivity contribution in [2.45, 2.75) is 4.90 Å². The van der Waals surface area contributed by atoms with Gasteiger partial charge >= 0.3 is 0 Å². The highest BCUT2D eigenvalue weighted by Gasteiger charge is 2.28. The van der Waals surface area contributed by atoms with Gasteiger partial charge in [0.1, 0.15) is 6.54 Å². The number of benzene rings is 3. The molecule has 0 saturated heterocycles. The molecule has 0 atom stereocenters. The van der Waals surface area contributed by atoms with Gasteiger partial charge < -0.3 is 0 Å². The Morgan fingerprint density at radius 3 is 2.43 bits per heavy atom. The lowest BCUT2D eigenvalue weighted by Gasteiger charge is -2.24. The predicted molar refractivity (Wildman–Crippen MR) is 122 cm³/mol. The molecule has 0 aliphatic carbocycles. The molecule has 6 nitrogen and oxygen atoms in total. The first-order chi connectivity index (χ1) is 14.4. The Labute approximate surface area is 188 Å². The van der Waals surface area contributed by atoms with E-state index in [4.69, 9.17) is 11.6 Å². The molecule has 0 saturated carbocycles. The summed E-state index contributed by atoms with van der Waals surface area (Å²) in [6.45, 7) is -0.489. The Kier molecular flexibility index (Phi) is 7.25. The van der Waals surface area contributed by atoms with E-state index in [0.29, 0.717) is 0 Å². The second kappa shape index (κ2) is 9.88. The number of anilines is 1. The molecule has 154 valence electrons. The van der Waals surface area contributed by atoms with Gasteiger partial charge in [-0.1, -0.05) is 70.0 Å². The lowest BCUT2D eigenvalue weighted by atomic mass is 10.2. The first kappa shape index (κ1) is 22.0. The summed E-state index contributed by atoms with van der Waals surface area (Å²) in [6.07, 6.45) is 1.47. The Bertz CT molecular complexity index is 1170. The van der Waals surface area contributed by atoms with E-state index >= 15 is 0 Å². The third kappa shape index (κ3) is 5.47. The minimum absolute atomic E-state index is 0.0513. The molecule has 0 aliphatic heterocycles. The molecule has 0 aromatic heterocycles. The summed E-state index contributed by atoms with van der Waals surface area (Å²) in [5.74, 6) is -0.610. The number of amides is 1. The van der Waals surface area contributed by atoms with Crippen molar-refractivity contribution in [1.82, 2.24) is 5.43 Å². The Morgan fingerprint density at radius 2 is 1.73 bits per heavy atom. The molecule has 0 bridgehead atoms. The Balaban J connectivity index is 1.84. The highest BCUT2D eigenvalue weighted by molar-refractivity contribution is 9.10. The minimum atomic E-state index is -4.02. The summed E-state index contributed by atoms with van der Waals surface area (Å²) in [7, 11) is -4.02. The van der Waals surface area contributed by atoms with Crippen molar-refractivity contribution in [3.63, 3.8) is 0 Å². The van der Waals surface area contributed by atoms with Crippen LogP contribution >= 0.6 is 27.5 Å². The van der Waals surface area contributed by atoms with Crippen LogP contribution in [0.1, 0.15) is 5.56 Å². The van der Waals surface area contributed by atoms with E-state index in [-0.39, 0.29) is 15.6 Å². The second-order valence-electron chi connectivity index (χ2n) is 6.12. The third-order valence-electron chi connectivity index (χ3n) is 3.99. The number of carbonyl (C=O) groups is 1. The number of halogens is 2. The van der Waals surface area contributed by atoms with Gasteiger partial charge in [0.25, 0.3) is 15.9 Å². The third-order valence-corrected chi connectivity index (χ3v) is 6.58. The maximum absolute atomic E-state index is 13.2. The zero-order valence-electron chi connectivity index (χ0n) is 15.6. The number of hydrogen-bond donors (Lipinski definition) is 1. The first-order valence-electron chi connectivity index (χ1n) is 8.78. The van der Waals surface area contributed by atoms with E-state index in [2.05, 4.69) is 26.5 Å². The fraction of sp³-hybridized carbons (Fsp3) is 0.0476. The Hall–Kier alpha value is -2.68. The molecule has 3 rings (SSSR count). The number of para-hydroxylation sites is 1. The number of sulfonamides is 1. The summed E-state index contributed by atoms with van der Waals surface area (Å²) in [5, 5.41) is 4.12. The van der Waals surface area contributed by atoms with Crippen LogP contribution in [0.15, 0.2) is 93.3 Å². The van der Waals surface area contributed by atoms with Crippen LogP contribution in [-0.4, -0.2) is 27.1 Å². The highest BCUT2D eigenvalue weighted by Crippen LogP contribution is 2.30. The molecule has 0 fully saturated rings. The monoisotopic (exact) mass is 505 g/mol. The van der Waals surface area contributed by atoms with Crippen LogP contribution in [0.4, 0.5) is 5.69 Å². The number of hydrogen-bond acceptors (Lipinski definition) is 4. The van der Waals surface area contributed by atoms with Crippen molar-refractivity contribution in [3.05, 3.63) is 93.9 Å². The molecule has 0 aliphatic rings. The number of rotatable bonds is 7. The zero-order valence-corrected chi connectivity index (χ0v) is 18.7. The summed E-state index contributed by atoms with van der Waals surface area (Å²) in [6, 6.07) is 21.6. The fourth-order valence-corrected chi connectivity index (χ4v) is 4.77. The van der Waals surface area contributed by atoms with Crippen LogP contribution in [0.5, 0.6) is 0 Å². The summed E-state index contributed by atoms with van der Waals surface area (Å²) >= 11 is 9.58. The molecule has 9 heteroatoms. The van der Waals surface area contributed by atoms with E-state index in [1.807, 2.05) is 24.3 Å². The number of carbonyl (C=O) groups excluding carboxylic acids is 1. The molecule has 30 heavy (non-hydrogen) atoms. The topological polar surface area (TPSA) is 78.8 Å². The largest absolute Gasteiger partial charge is 0.271 e. The van der Waals surface area contributed by atoms with Gasteiger partial charge in [0.05, 0.1) is 21.8 Å². The van der Waals surface area contributed by atoms with E-state index in [1.54, 1.807) is 42.5 Å². The van der Waals surface area contributed by atoms with Crippen LogP contribution in [0.25, 0.3) is 0 Å². The maximum atomic E-state index is 13.2. The van der Waals surface area contributed by atoms with Crippen LogP contribution in [0.3, 0.4) is 0 Å². The van der Waals surface area contributed by atoms with E-state index in [1.165, 1.54) is 18.3 Å². The van der Waals surface area contributed by atoms with Crippen molar-refractivity contribution in [3.8, 4) is 0 Å². The SMILES string of the molecule is O=C(CN(c1ccccc1Cl)S(=O)(=O)c1ccccc1)N/N=C\c1cccc(Br)c1. The van der Waals surface area contributed by atoms with Gasteiger partial charge in [-0.15, -0.1) is 0 Å². The van der Waals surface area contributed by atoms with Crippen LogP contribution in [0.2, 0.25) is 5.02 Å². The molecule has 0 spiro atoms. The summed E-state index contributed by atoms with van der Waals surface area (Å²) in [4.78, 5) is 12.5. The van der Waals surface area contributed by atoms with E-state index in [9.17, 15) is 13.2 Å². The van der Waals surface area contributed by atoms with Crippen LogP contribution in [0, 0.1) is 0 Å². The van der Waals surface area contributed by atoms with Gasteiger partial charge in [0.15, 0.2) is 0 Å². The van der Waals surface area contributed by atoms with Crippen molar-refractivity contribution in [2.75, 3.05) is 10.8 Å². The molecule has 0 radical (unpaired) electrons. The van der Waals surface area contributed by atoms with Crippen molar-refractivity contribution < 1.29 is 13.2 Å². The molecular weight excluding hydrogens is 490 g/mol. The number of nitrogens with zero attached hydrogens (tertiary/aromatic N) is 2. The first-order valence-corrected chi connectivity index (χ1v) is 11.4. The average molecular weight is 507 g/mol. The summed E-state index contributed by atoms with van der Waals surface area (Å²) < 4.78 is 28.2. The highest BCUT2D eigenvalue weighted by atomic mass is 79.9. The van der Waals surface area contributed by atoms with E-state index < -0.39 is 22.5 Å². The maximum Gasteiger partial charge on any atom is 0.264 e. The van der Waals surface area contributed by atoms with Gasteiger partial charge in [-0.3, -0.25) is 9.10 Å². The zero-order chi connectivity index (χ0) is 21.6. The lowest BCUT2D eigenvalue weighted by molar-refractivity contribution is -0.119. The van der Waals surface area contributed by atoms with Crippen molar-refractivity contribution in [2.24, 2.45) is 5.10 Å². The molecule has 3 aromatic rings. The summed E-state index contributed by atoms with van der Waals surface area (Å²) in [5.41, 5.74) is 3.33. The second-order valence-corrected chi connectivity index (χ2v) is 9.31. The van der Waals surface area contributed by atoms with Crippen LogP contribution < -0.4 is 9.73 Å². The van der Waals surface area contributed by atoms with Crippen molar-refractivity contribution >= 4 is 55.4 Å². The molecule has 0 unspecified atom stereocenters. The molecule has 1 N–H and O–H groups in total. The number of hydrazone groups is 1. The normalized spacial score (nSPS) is 11.4. The molecule has 1 amide bonds. The predicted octanol–water partition coefficient (Wildman–Crippen LogP) is 4.45. The molecule has 3 aromatic carbocycles. The van der Waals surface area contributed by atoms with E-state index in [0.717, 1.165) is 14.3 Å². The Morgan fingerprint density at radius 1 is 1.03 bits per heavy atom. The standard InChI is InChI=1S/C21H17BrClN3O3S/c22-17-8-6-7-16(13-17)14-24-25-21(27)15-26(20-12-5-4-11-19(20)23)30(28,29)18-9-2-1-3-10-18/h1-14H,15H2,(H,25,27)/b24-14-. The van der Waals surface area contributed by atoms with Gasteiger partial charge in [0, 0.05) is 4.47 Å². The van der Waals surface area contributed by atoms with Crippen LogP contribution in [-0.2, 0) is 14.8 Å². The van der Waals surface area contributed by atoms with Gasteiger partial charge in [-0.25, -0.2) is 13.8 Å². The van der Waals surface area contributed by atoms with Crippen molar-refractivity contribution in [1.29, 1.82) is 0 Å². The van der Waals surface area contributed by atoms with Gasteiger partial charge in [0.2, 0.25) is 0 Å². The van der Waals surface area contributed by atoms with Gasteiger partial charge in [-0.2, -0.15) is 5.10 Å². The minimum Gasteiger partial charge on any atom is -0.271 e. The molecular formula is C21H17BrClN3O3S. The quantitative estimate of drug-likeness (QED) is 0.380. The fourth-order valence-electron chi connectivity index (χ4n) is 2.60. The van der Waals surface area contributed by atoms with Gasteiger partial charge in [-0.05, 0) is 42.0 Å². The number of nitrogens with one attached hydrogen (secondary N) is 1.